The summed E-state index contributed by atoms with van der Waals surface area (Å²) in [6.45, 7) is 0.949. The molecule has 14 heavy (non-hydrogen) atoms. The Morgan fingerprint density at radius 3 is 2.79 bits per heavy atom. The molecule has 76 valence electrons. The van der Waals surface area contributed by atoms with Gasteiger partial charge in [-0.1, -0.05) is 0 Å². The number of hydrogen-bond donors (Lipinski definition) is 2. The largest absolute Gasteiger partial charge is 0.481 e. The van der Waals surface area contributed by atoms with Gasteiger partial charge in [-0.25, -0.2) is 4.39 Å². The summed E-state index contributed by atoms with van der Waals surface area (Å²) >= 11 is 0. The lowest BCUT2D eigenvalue weighted by molar-refractivity contribution is -0.138. The Kier molecular flexibility index (Phi) is 3.14. The van der Waals surface area contributed by atoms with Gasteiger partial charge in [0, 0.05) is 6.20 Å². The maximum atomic E-state index is 13.1. The van der Waals surface area contributed by atoms with Gasteiger partial charge >= 0.3 is 5.97 Å². The predicted octanol–water partition coefficient (Wildman–Crippen LogP) is 0.901. The maximum Gasteiger partial charge on any atom is 0.310 e. The highest BCUT2D eigenvalue weighted by Gasteiger charge is 2.15. The molecule has 0 aromatic carbocycles. The molecule has 1 aromatic heterocycles. The molecule has 1 unspecified atom stereocenters. The van der Waals surface area contributed by atoms with Crippen LogP contribution in [-0.2, 0) is 11.4 Å². The average molecular weight is 199 g/mol. The molecule has 0 radical (unpaired) electrons. The van der Waals surface area contributed by atoms with Crippen LogP contribution in [-0.4, -0.2) is 21.2 Å². The van der Waals surface area contributed by atoms with E-state index < -0.39 is 24.3 Å². The van der Waals surface area contributed by atoms with E-state index in [4.69, 9.17) is 10.2 Å². The third kappa shape index (κ3) is 2.05. The van der Waals surface area contributed by atoms with Crippen molar-refractivity contribution in [1.82, 2.24) is 4.98 Å². The summed E-state index contributed by atoms with van der Waals surface area (Å²) < 4.78 is 13.1. The molecule has 2 N–H and O–H groups in total. The fourth-order valence-corrected chi connectivity index (χ4v) is 0.977. The SMILES string of the molecule is CC(C(=O)O)c1cnc(CO)c(F)c1. The van der Waals surface area contributed by atoms with E-state index >= 15 is 0 Å². The minimum Gasteiger partial charge on any atom is -0.481 e. The monoisotopic (exact) mass is 199 g/mol. The van der Waals surface area contributed by atoms with Gasteiger partial charge in [0.1, 0.15) is 11.5 Å². The first kappa shape index (κ1) is 10.6. The summed E-state index contributed by atoms with van der Waals surface area (Å²) in [5, 5.41) is 17.3. The van der Waals surface area contributed by atoms with E-state index in [2.05, 4.69) is 4.98 Å². The van der Waals surface area contributed by atoms with E-state index in [1.807, 2.05) is 0 Å². The quantitative estimate of drug-likeness (QED) is 0.758. The van der Waals surface area contributed by atoms with Gasteiger partial charge in [-0.05, 0) is 18.6 Å². The Labute approximate surface area is 80.0 Å². The van der Waals surface area contributed by atoms with Crippen molar-refractivity contribution in [3.8, 4) is 0 Å². The van der Waals surface area contributed by atoms with E-state index in [1.54, 1.807) is 0 Å². The van der Waals surface area contributed by atoms with Crippen LogP contribution in [0.25, 0.3) is 0 Å². The Morgan fingerprint density at radius 1 is 1.71 bits per heavy atom. The van der Waals surface area contributed by atoms with E-state index in [0.29, 0.717) is 0 Å². The second-order valence-corrected chi connectivity index (χ2v) is 2.92. The summed E-state index contributed by atoms with van der Waals surface area (Å²) in [5.74, 6) is -2.52. The number of rotatable bonds is 3. The van der Waals surface area contributed by atoms with Gasteiger partial charge in [-0.2, -0.15) is 0 Å². The molecule has 0 saturated carbocycles. The molecule has 0 fully saturated rings. The molecule has 0 aliphatic rings. The first-order valence-corrected chi connectivity index (χ1v) is 4.04. The molecule has 0 saturated heterocycles. The van der Waals surface area contributed by atoms with Crippen molar-refractivity contribution in [3.63, 3.8) is 0 Å². The number of nitrogens with zero attached hydrogens (tertiary/aromatic N) is 1. The molecule has 4 nitrogen and oxygen atoms in total. The van der Waals surface area contributed by atoms with Gasteiger partial charge in [0.15, 0.2) is 0 Å². The van der Waals surface area contributed by atoms with Gasteiger partial charge in [-0.3, -0.25) is 9.78 Å². The van der Waals surface area contributed by atoms with Crippen LogP contribution in [0.15, 0.2) is 12.3 Å². The number of aliphatic carboxylic acids is 1. The van der Waals surface area contributed by atoms with Crippen LogP contribution in [0.3, 0.4) is 0 Å². The predicted molar refractivity (Wildman–Crippen MR) is 46.2 cm³/mol. The topological polar surface area (TPSA) is 70.4 Å². The van der Waals surface area contributed by atoms with Crippen molar-refractivity contribution in [3.05, 3.63) is 29.3 Å². The van der Waals surface area contributed by atoms with Crippen LogP contribution in [0.5, 0.6) is 0 Å². The van der Waals surface area contributed by atoms with E-state index in [9.17, 15) is 9.18 Å². The number of aromatic nitrogens is 1. The zero-order chi connectivity index (χ0) is 10.7. The third-order valence-corrected chi connectivity index (χ3v) is 1.96. The Hall–Kier alpha value is -1.49. The van der Waals surface area contributed by atoms with Gasteiger partial charge < -0.3 is 10.2 Å². The van der Waals surface area contributed by atoms with Gasteiger partial charge in [0.2, 0.25) is 0 Å². The minimum absolute atomic E-state index is 0.0775. The second-order valence-electron chi connectivity index (χ2n) is 2.92. The molecule has 0 bridgehead atoms. The van der Waals surface area contributed by atoms with E-state index in [-0.39, 0.29) is 11.3 Å². The van der Waals surface area contributed by atoms with E-state index in [1.165, 1.54) is 13.1 Å². The number of aliphatic hydroxyl groups excluding tert-OH is 1. The lowest BCUT2D eigenvalue weighted by Crippen LogP contribution is -2.09. The van der Waals surface area contributed by atoms with Crippen molar-refractivity contribution >= 4 is 5.97 Å². The summed E-state index contributed by atoms with van der Waals surface area (Å²) in [5.41, 5.74) is 0.207. The standard InChI is InChI=1S/C9H10FNO3/c1-5(9(13)14)6-2-7(10)8(4-12)11-3-6/h2-3,5,12H,4H2,1H3,(H,13,14). The molecule has 1 aromatic rings. The summed E-state index contributed by atoms with van der Waals surface area (Å²) in [6.07, 6.45) is 1.26. The molecule has 0 amide bonds. The summed E-state index contributed by atoms with van der Waals surface area (Å²) in [4.78, 5) is 14.2. The highest BCUT2D eigenvalue weighted by atomic mass is 19.1. The van der Waals surface area contributed by atoms with Crippen molar-refractivity contribution in [1.29, 1.82) is 0 Å². The molecular formula is C9H10FNO3. The van der Waals surface area contributed by atoms with Crippen LogP contribution < -0.4 is 0 Å². The molecule has 0 spiro atoms. The number of carboxylic acids is 1. The number of carbonyl (C=O) groups is 1. The summed E-state index contributed by atoms with van der Waals surface area (Å²) in [6, 6.07) is 1.08. The first-order valence-electron chi connectivity index (χ1n) is 4.04. The highest BCUT2D eigenvalue weighted by molar-refractivity contribution is 5.75. The Balaban J connectivity index is 3.02. The van der Waals surface area contributed by atoms with Gasteiger partial charge in [0.05, 0.1) is 12.5 Å². The Morgan fingerprint density at radius 2 is 2.36 bits per heavy atom. The molecule has 1 rings (SSSR count). The minimum atomic E-state index is -1.04. The molecule has 1 atom stereocenters. The normalized spacial score (nSPS) is 12.5. The van der Waals surface area contributed by atoms with Crippen LogP contribution in [0.4, 0.5) is 4.39 Å². The molecule has 1 heterocycles. The zero-order valence-corrected chi connectivity index (χ0v) is 7.57. The number of hydrogen-bond acceptors (Lipinski definition) is 3. The van der Waals surface area contributed by atoms with E-state index in [0.717, 1.165) is 6.07 Å². The third-order valence-electron chi connectivity index (χ3n) is 1.96. The van der Waals surface area contributed by atoms with Gasteiger partial charge in [0.25, 0.3) is 0 Å². The zero-order valence-electron chi connectivity index (χ0n) is 7.57. The number of aliphatic hydroxyl groups is 1. The molecule has 5 heteroatoms. The highest BCUT2D eigenvalue weighted by Crippen LogP contribution is 2.16. The maximum absolute atomic E-state index is 13.1. The lowest BCUT2D eigenvalue weighted by Gasteiger charge is -2.07. The fraction of sp³-hybridized carbons (Fsp3) is 0.333. The van der Waals surface area contributed by atoms with Gasteiger partial charge in [-0.15, -0.1) is 0 Å². The smallest absolute Gasteiger partial charge is 0.310 e. The van der Waals surface area contributed by atoms with Crippen molar-refractivity contribution < 1.29 is 19.4 Å². The average Bonchev–Trinajstić information content (AvgIpc) is 2.16. The molecule has 0 aliphatic heterocycles. The number of carboxylic acid groups (broad SMARTS) is 1. The van der Waals surface area contributed by atoms with Crippen LogP contribution in [0.1, 0.15) is 24.1 Å². The lowest BCUT2D eigenvalue weighted by atomic mass is 10.0. The van der Waals surface area contributed by atoms with Crippen molar-refractivity contribution in [2.24, 2.45) is 0 Å². The fourth-order valence-electron chi connectivity index (χ4n) is 0.977. The summed E-state index contributed by atoms with van der Waals surface area (Å²) in [7, 11) is 0. The van der Waals surface area contributed by atoms with Crippen molar-refractivity contribution in [2.75, 3.05) is 0 Å². The van der Waals surface area contributed by atoms with Crippen molar-refractivity contribution in [2.45, 2.75) is 19.4 Å². The molecular weight excluding hydrogens is 189 g/mol. The Bertz CT molecular complexity index is 354. The van der Waals surface area contributed by atoms with Crippen LogP contribution >= 0.6 is 0 Å². The van der Waals surface area contributed by atoms with Crippen LogP contribution in [0, 0.1) is 5.82 Å². The number of halogens is 1. The second kappa shape index (κ2) is 4.15. The number of pyridine rings is 1. The van der Waals surface area contributed by atoms with Crippen LogP contribution in [0.2, 0.25) is 0 Å². The first-order chi connectivity index (χ1) is 6.56. The molecule has 0 aliphatic carbocycles.